The normalized spacial score (nSPS) is 16.9. The number of halogens is 8. The van der Waals surface area contributed by atoms with E-state index in [1.165, 1.54) is 0 Å². The van der Waals surface area contributed by atoms with Gasteiger partial charge in [0.15, 0.2) is 11.6 Å². The molecule has 0 unspecified atom stereocenters. The first-order valence-electron chi connectivity index (χ1n) is 6.94. The molecule has 0 spiro atoms. The summed E-state index contributed by atoms with van der Waals surface area (Å²) in [4.78, 5) is 1.56. The summed E-state index contributed by atoms with van der Waals surface area (Å²) in [5, 5.41) is 3.01. The first kappa shape index (κ1) is 23.3. The first-order valence-corrected chi connectivity index (χ1v) is 6.94. The van der Waals surface area contributed by atoms with Crippen molar-refractivity contribution in [2.24, 2.45) is 0 Å². The van der Waals surface area contributed by atoms with E-state index in [0.29, 0.717) is 32.2 Å². The SMILES string of the molecule is Cl.Cl.Fc1ccc(F)c([C@H](CCC(F)(F)F)N2CCNCC2)c1F. The summed E-state index contributed by atoms with van der Waals surface area (Å²) < 4.78 is 78.7. The van der Waals surface area contributed by atoms with Crippen molar-refractivity contribution in [3.05, 3.63) is 35.1 Å². The van der Waals surface area contributed by atoms with E-state index in [0.717, 1.165) is 6.07 Å². The highest BCUT2D eigenvalue weighted by Gasteiger charge is 2.34. The fraction of sp³-hybridized carbons (Fsp3) is 0.571. The molecule has 1 aliphatic heterocycles. The summed E-state index contributed by atoms with van der Waals surface area (Å²) in [5.41, 5.74) is -0.619. The van der Waals surface area contributed by atoms with E-state index < -0.39 is 48.1 Å². The Morgan fingerprint density at radius 2 is 1.54 bits per heavy atom. The van der Waals surface area contributed by atoms with Crippen LogP contribution in [0.15, 0.2) is 12.1 Å². The van der Waals surface area contributed by atoms with Crippen LogP contribution in [0.3, 0.4) is 0 Å². The lowest BCUT2D eigenvalue weighted by Gasteiger charge is -2.35. The number of nitrogens with one attached hydrogen (secondary N) is 1. The minimum absolute atomic E-state index is 0. The van der Waals surface area contributed by atoms with Crippen molar-refractivity contribution >= 4 is 24.8 Å². The van der Waals surface area contributed by atoms with Gasteiger partial charge in [0, 0.05) is 44.2 Å². The second-order valence-electron chi connectivity index (χ2n) is 5.21. The third kappa shape index (κ3) is 5.98. The van der Waals surface area contributed by atoms with Crippen LogP contribution < -0.4 is 5.32 Å². The molecule has 0 bridgehead atoms. The van der Waals surface area contributed by atoms with Crippen LogP contribution in [0.2, 0.25) is 0 Å². The second-order valence-corrected chi connectivity index (χ2v) is 5.21. The van der Waals surface area contributed by atoms with Crippen LogP contribution in [0.25, 0.3) is 0 Å². The molecule has 1 fully saturated rings. The molecule has 1 aromatic carbocycles. The second kappa shape index (κ2) is 9.70. The lowest BCUT2D eigenvalue weighted by atomic mass is 9.98. The molecule has 24 heavy (non-hydrogen) atoms. The van der Waals surface area contributed by atoms with Crippen molar-refractivity contribution in [1.29, 1.82) is 0 Å². The molecule has 1 aromatic rings. The van der Waals surface area contributed by atoms with Gasteiger partial charge in [0.1, 0.15) is 5.82 Å². The maximum Gasteiger partial charge on any atom is 0.389 e. The molecule has 0 aromatic heterocycles. The summed E-state index contributed by atoms with van der Waals surface area (Å²) in [5.74, 6) is -3.70. The predicted molar refractivity (Wildman–Crippen MR) is 83.3 cm³/mol. The largest absolute Gasteiger partial charge is 0.389 e. The first-order chi connectivity index (χ1) is 10.3. The van der Waals surface area contributed by atoms with Crippen LogP contribution in [-0.4, -0.2) is 37.3 Å². The Hall–Kier alpha value is -0.700. The maximum absolute atomic E-state index is 13.9. The molecule has 0 amide bonds. The topological polar surface area (TPSA) is 15.3 Å². The Balaban J connectivity index is 0.00000264. The lowest BCUT2D eigenvalue weighted by molar-refractivity contribution is -0.138. The molecule has 0 radical (unpaired) electrons. The van der Waals surface area contributed by atoms with Gasteiger partial charge in [-0.25, -0.2) is 13.2 Å². The van der Waals surface area contributed by atoms with Crippen LogP contribution in [0.5, 0.6) is 0 Å². The number of hydrogen-bond acceptors (Lipinski definition) is 2. The molecule has 2 nitrogen and oxygen atoms in total. The lowest BCUT2D eigenvalue weighted by Crippen LogP contribution is -2.45. The fourth-order valence-electron chi connectivity index (χ4n) is 2.65. The zero-order chi connectivity index (χ0) is 16.3. The quantitative estimate of drug-likeness (QED) is 0.602. The average molecular weight is 399 g/mol. The van der Waals surface area contributed by atoms with Gasteiger partial charge in [0.25, 0.3) is 0 Å². The van der Waals surface area contributed by atoms with E-state index in [1.807, 2.05) is 0 Å². The number of piperazine rings is 1. The number of alkyl halides is 3. The molecule has 1 saturated heterocycles. The molecular formula is C14H18Cl2F6N2. The number of hydrogen-bond donors (Lipinski definition) is 1. The van der Waals surface area contributed by atoms with Gasteiger partial charge in [-0.1, -0.05) is 0 Å². The van der Waals surface area contributed by atoms with E-state index >= 15 is 0 Å². The molecule has 1 heterocycles. The standard InChI is InChI=1S/C14H16F6N2.2ClH/c15-9-1-2-10(16)13(17)12(9)11(3-4-14(18,19)20)22-7-5-21-6-8-22;;/h1-2,11,21H,3-8H2;2*1H/t11-;;/m0../s1. The van der Waals surface area contributed by atoms with Crippen LogP contribution >= 0.6 is 24.8 Å². The van der Waals surface area contributed by atoms with Gasteiger partial charge in [-0.3, -0.25) is 4.90 Å². The maximum atomic E-state index is 13.9. The van der Waals surface area contributed by atoms with Gasteiger partial charge in [0.05, 0.1) is 0 Å². The molecule has 10 heteroatoms. The molecule has 1 atom stereocenters. The average Bonchev–Trinajstić information content (AvgIpc) is 2.46. The van der Waals surface area contributed by atoms with Crippen LogP contribution in [0.4, 0.5) is 26.3 Å². The summed E-state index contributed by atoms with van der Waals surface area (Å²) >= 11 is 0. The van der Waals surface area contributed by atoms with Crippen LogP contribution in [0, 0.1) is 17.5 Å². The van der Waals surface area contributed by atoms with Crippen molar-refractivity contribution in [2.75, 3.05) is 26.2 Å². The van der Waals surface area contributed by atoms with Crippen molar-refractivity contribution in [1.82, 2.24) is 10.2 Å². The van der Waals surface area contributed by atoms with Crippen molar-refractivity contribution in [2.45, 2.75) is 25.1 Å². The summed E-state index contributed by atoms with van der Waals surface area (Å²) in [6.45, 7) is 1.69. The summed E-state index contributed by atoms with van der Waals surface area (Å²) in [6.07, 6.45) is -6.13. The van der Waals surface area contributed by atoms with E-state index in [4.69, 9.17) is 0 Å². The smallest absolute Gasteiger partial charge is 0.314 e. The summed E-state index contributed by atoms with van der Waals surface area (Å²) in [6, 6.07) is 0.239. The van der Waals surface area contributed by atoms with Gasteiger partial charge >= 0.3 is 6.18 Å². The Labute approximate surface area is 148 Å². The number of nitrogens with zero attached hydrogens (tertiary/aromatic N) is 1. The van der Waals surface area contributed by atoms with Gasteiger partial charge in [-0.05, 0) is 18.6 Å². The highest BCUT2D eigenvalue weighted by molar-refractivity contribution is 5.85. The number of rotatable bonds is 4. The molecule has 140 valence electrons. The Morgan fingerprint density at radius 3 is 2.08 bits per heavy atom. The monoisotopic (exact) mass is 398 g/mol. The van der Waals surface area contributed by atoms with Crippen molar-refractivity contribution in [3.63, 3.8) is 0 Å². The Bertz CT molecular complexity index is 521. The van der Waals surface area contributed by atoms with E-state index in [2.05, 4.69) is 5.32 Å². The Kier molecular flexibility index (Phi) is 9.41. The molecule has 1 N–H and O–H groups in total. The fourth-order valence-corrected chi connectivity index (χ4v) is 2.65. The summed E-state index contributed by atoms with van der Waals surface area (Å²) in [7, 11) is 0. The number of benzene rings is 1. The van der Waals surface area contributed by atoms with Gasteiger partial charge < -0.3 is 5.32 Å². The highest BCUT2D eigenvalue weighted by Crippen LogP contribution is 2.34. The van der Waals surface area contributed by atoms with Gasteiger partial charge in [-0.2, -0.15) is 13.2 Å². The van der Waals surface area contributed by atoms with E-state index in [9.17, 15) is 26.3 Å². The van der Waals surface area contributed by atoms with E-state index in [1.54, 1.807) is 4.90 Å². The molecule has 0 aliphatic carbocycles. The molecular weight excluding hydrogens is 381 g/mol. The minimum Gasteiger partial charge on any atom is -0.314 e. The van der Waals surface area contributed by atoms with Crippen molar-refractivity contribution < 1.29 is 26.3 Å². The highest BCUT2D eigenvalue weighted by atomic mass is 35.5. The van der Waals surface area contributed by atoms with Crippen LogP contribution in [0.1, 0.15) is 24.4 Å². The van der Waals surface area contributed by atoms with E-state index in [-0.39, 0.29) is 24.8 Å². The minimum atomic E-state index is -4.44. The molecule has 2 rings (SSSR count). The Morgan fingerprint density at radius 1 is 1.00 bits per heavy atom. The zero-order valence-corrected chi connectivity index (χ0v) is 14.1. The zero-order valence-electron chi connectivity index (χ0n) is 12.5. The predicted octanol–water partition coefficient (Wildman–Crippen LogP) is 4.24. The molecule has 1 aliphatic rings. The van der Waals surface area contributed by atoms with Gasteiger partial charge in [0.2, 0.25) is 0 Å². The molecule has 0 saturated carbocycles. The third-order valence-electron chi connectivity index (χ3n) is 3.71. The third-order valence-corrected chi connectivity index (χ3v) is 3.71. The van der Waals surface area contributed by atoms with Crippen molar-refractivity contribution in [3.8, 4) is 0 Å². The van der Waals surface area contributed by atoms with Gasteiger partial charge in [-0.15, -0.1) is 24.8 Å². The van der Waals surface area contributed by atoms with Crippen LogP contribution in [-0.2, 0) is 0 Å².